The maximum Gasteiger partial charge on any atom is 0.250 e. The van der Waals surface area contributed by atoms with Crippen LogP contribution >= 0.6 is 0 Å². The van der Waals surface area contributed by atoms with Gasteiger partial charge in [0.05, 0.1) is 13.5 Å². The number of carbonyl (C=O) groups excluding carboxylic acids is 1. The van der Waals surface area contributed by atoms with Gasteiger partial charge in [0, 0.05) is 30.1 Å². The van der Waals surface area contributed by atoms with E-state index in [0.717, 1.165) is 17.0 Å². The van der Waals surface area contributed by atoms with Crippen LogP contribution in [-0.2, 0) is 16.9 Å². The highest BCUT2D eigenvalue weighted by molar-refractivity contribution is 5.91. The lowest BCUT2D eigenvalue weighted by molar-refractivity contribution is -0.157. The summed E-state index contributed by atoms with van der Waals surface area (Å²) in [4.78, 5) is 16.8. The summed E-state index contributed by atoms with van der Waals surface area (Å²) < 4.78 is 5.13. The van der Waals surface area contributed by atoms with Gasteiger partial charge in [0.1, 0.15) is 5.75 Å². The molecule has 1 amide bonds. The first-order chi connectivity index (χ1) is 12.1. The molecule has 2 aromatic rings. The Morgan fingerprint density at radius 2 is 1.92 bits per heavy atom. The number of rotatable bonds is 5. The molecule has 0 radical (unpaired) electrons. The molecular weight excluding hydrogens is 318 g/mol. The number of ether oxygens (including phenoxy) is 1. The first kappa shape index (κ1) is 17.1. The molecule has 6 nitrogen and oxygen atoms in total. The SMILES string of the molecule is CCC1=NN(C(=O)Cc2ccc(OC)cc2)[C@](O)(c2ccncc2)C1. The number of benzene rings is 1. The zero-order chi connectivity index (χ0) is 17.9. The zero-order valence-corrected chi connectivity index (χ0v) is 14.3. The number of aliphatic hydroxyl groups is 1. The molecule has 130 valence electrons. The summed E-state index contributed by atoms with van der Waals surface area (Å²) in [6.07, 6.45) is 4.34. The van der Waals surface area contributed by atoms with Gasteiger partial charge in [-0.2, -0.15) is 10.1 Å². The molecule has 0 saturated carbocycles. The molecule has 1 atom stereocenters. The number of hydrogen-bond acceptors (Lipinski definition) is 5. The van der Waals surface area contributed by atoms with E-state index in [4.69, 9.17) is 4.74 Å². The predicted molar refractivity (Wildman–Crippen MR) is 94.0 cm³/mol. The van der Waals surface area contributed by atoms with Gasteiger partial charge in [-0.05, 0) is 36.2 Å². The lowest BCUT2D eigenvalue weighted by Crippen LogP contribution is -2.44. The van der Waals surface area contributed by atoms with Crippen molar-refractivity contribution in [3.05, 3.63) is 59.9 Å². The van der Waals surface area contributed by atoms with Crippen molar-refractivity contribution < 1.29 is 14.6 Å². The minimum Gasteiger partial charge on any atom is -0.497 e. The van der Waals surface area contributed by atoms with Crippen LogP contribution in [0.15, 0.2) is 53.9 Å². The third-order valence-corrected chi connectivity index (χ3v) is 4.34. The minimum absolute atomic E-state index is 0.151. The third kappa shape index (κ3) is 3.39. The second-order valence-corrected chi connectivity index (χ2v) is 5.98. The van der Waals surface area contributed by atoms with E-state index < -0.39 is 5.72 Å². The smallest absolute Gasteiger partial charge is 0.250 e. The van der Waals surface area contributed by atoms with E-state index >= 15 is 0 Å². The number of methoxy groups -OCH3 is 1. The van der Waals surface area contributed by atoms with E-state index in [1.54, 1.807) is 31.6 Å². The molecule has 1 aliphatic heterocycles. The molecule has 0 aliphatic carbocycles. The molecule has 6 heteroatoms. The summed E-state index contributed by atoms with van der Waals surface area (Å²) in [5.74, 6) is 0.477. The van der Waals surface area contributed by atoms with Crippen LogP contribution in [0.3, 0.4) is 0 Å². The molecule has 0 bridgehead atoms. The van der Waals surface area contributed by atoms with Gasteiger partial charge in [0.15, 0.2) is 5.72 Å². The highest BCUT2D eigenvalue weighted by Gasteiger charge is 2.45. The number of pyridine rings is 1. The first-order valence-electron chi connectivity index (χ1n) is 8.22. The molecule has 0 spiro atoms. The Labute approximate surface area is 146 Å². The van der Waals surface area contributed by atoms with E-state index in [1.165, 1.54) is 5.01 Å². The fraction of sp³-hybridized carbons (Fsp3) is 0.316. The molecule has 1 aromatic carbocycles. The number of carbonyl (C=O) groups is 1. The van der Waals surface area contributed by atoms with Gasteiger partial charge in [0.2, 0.25) is 5.91 Å². The third-order valence-electron chi connectivity index (χ3n) is 4.34. The van der Waals surface area contributed by atoms with E-state index in [9.17, 15) is 9.90 Å². The fourth-order valence-electron chi connectivity index (χ4n) is 2.91. The Hall–Kier alpha value is -2.73. The van der Waals surface area contributed by atoms with Crippen molar-refractivity contribution in [2.45, 2.75) is 31.9 Å². The zero-order valence-electron chi connectivity index (χ0n) is 14.3. The van der Waals surface area contributed by atoms with Gasteiger partial charge in [-0.1, -0.05) is 19.1 Å². The van der Waals surface area contributed by atoms with Gasteiger partial charge < -0.3 is 9.84 Å². The van der Waals surface area contributed by atoms with Crippen LogP contribution in [0.1, 0.15) is 30.9 Å². The van der Waals surface area contributed by atoms with Crippen LogP contribution in [0.5, 0.6) is 5.75 Å². The summed E-state index contributed by atoms with van der Waals surface area (Å²) in [7, 11) is 1.60. The minimum atomic E-state index is -1.46. The maximum absolute atomic E-state index is 12.8. The number of hydrazone groups is 1. The average molecular weight is 339 g/mol. The Bertz CT molecular complexity index is 774. The summed E-state index contributed by atoms with van der Waals surface area (Å²) in [6.45, 7) is 1.96. The van der Waals surface area contributed by atoms with Crippen LogP contribution in [0.4, 0.5) is 0 Å². The molecule has 0 fully saturated rings. The maximum atomic E-state index is 12.8. The monoisotopic (exact) mass is 339 g/mol. The largest absolute Gasteiger partial charge is 0.497 e. The summed E-state index contributed by atoms with van der Waals surface area (Å²) in [6, 6.07) is 10.7. The molecule has 25 heavy (non-hydrogen) atoms. The number of aromatic nitrogens is 1. The second kappa shape index (κ2) is 7.03. The van der Waals surface area contributed by atoms with E-state index in [0.29, 0.717) is 18.4 Å². The van der Waals surface area contributed by atoms with Gasteiger partial charge in [-0.15, -0.1) is 0 Å². The average Bonchev–Trinajstić information content (AvgIpc) is 3.01. The van der Waals surface area contributed by atoms with Crippen molar-refractivity contribution in [3.8, 4) is 5.75 Å². The highest BCUT2D eigenvalue weighted by atomic mass is 16.5. The fourth-order valence-corrected chi connectivity index (χ4v) is 2.91. The molecule has 1 N–H and O–H groups in total. The topological polar surface area (TPSA) is 75.0 Å². The molecular formula is C19H21N3O3. The van der Waals surface area contributed by atoms with Gasteiger partial charge in [0.25, 0.3) is 0 Å². The van der Waals surface area contributed by atoms with Crippen LogP contribution in [-0.4, -0.2) is 33.8 Å². The second-order valence-electron chi connectivity index (χ2n) is 5.98. The molecule has 1 aromatic heterocycles. The summed E-state index contributed by atoms with van der Waals surface area (Å²) >= 11 is 0. The van der Waals surface area contributed by atoms with E-state index in [1.807, 2.05) is 31.2 Å². The molecule has 3 rings (SSSR count). The van der Waals surface area contributed by atoms with Gasteiger partial charge in [-0.3, -0.25) is 9.78 Å². The van der Waals surface area contributed by atoms with Gasteiger partial charge >= 0.3 is 0 Å². The van der Waals surface area contributed by atoms with Crippen LogP contribution in [0.25, 0.3) is 0 Å². The molecule has 0 saturated heterocycles. The number of nitrogens with zero attached hydrogens (tertiary/aromatic N) is 3. The van der Waals surface area contributed by atoms with Crippen LogP contribution in [0.2, 0.25) is 0 Å². The van der Waals surface area contributed by atoms with Crippen molar-refractivity contribution in [1.82, 2.24) is 9.99 Å². The Morgan fingerprint density at radius 1 is 1.24 bits per heavy atom. The lowest BCUT2D eigenvalue weighted by atomic mass is 9.97. The summed E-state index contributed by atoms with van der Waals surface area (Å²) in [5.41, 5.74) is 0.779. The highest BCUT2D eigenvalue weighted by Crippen LogP contribution is 2.36. The van der Waals surface area contributed by atoms with E-state index in [-0.39, 0.29) is 12.3 Å². The van der Waals surface area contributed by atoms with Crippen molar-refractivity contribution in [2.75, 3.05) is 7.11 Å². The van der Waals surface area contributed by atoms with Crippen molar-refractivity contribution >= 4 is 11.6 Å². The van der Waals surface area contributed by atoms with Crippen LogP contribution < -0.4 is 4.74 Å². The van der Waals surface area contributed by atoms with Crippen molar-refractivity contribution in [1.29, 1.82) is 0 Å². The quantitative estimate of drug-likeness (QED) is 0.908. The lowest BCUT2D eigenvalue weighted by Gasteiger charge is -2.31. The standard InChI is InChI=1S/C19H21N3O3/c1-3-16-13-19(24,15-8-10-20-11-9-15)22(21-16)18(23)12-14-4-6-17(25-2)7-5-14/h4-11,24H,3,12-13H2,1-2H3/t19-/m1/s1. The number of hydrogen-bond donors (Lipinski definition) is 1. The Morgan fingerprint density at radius 3 is 2.52 bits per heavy atom. The molecule has 1 aliphatic rings. The van der Waals surface area contributed by atoms with Crippen molar-refractivity contribution in [3.63, 3.8) is 0 Å². The predicted octanol–water partition coefficient (Wildman–Crippen LogP) is 2.48. The Kier molecular flexibility index (Phi) is 4.81. The first-order valence-corrected chi connectivity index (χ1v) is 8.22. The molecule has 0 unspecified atom stereocenters. The van der Waals surface area contributed by atoms with Gasteiger partial charge in [-0.25, -0.2) is 0 Å². The summed E-state index contributed by atoms with van der Waals surface area (Å²) in [5, 5.41) is 16.8. The normalized spacial score (nSPS) is 19.6. The van der Waals surface area contributed by atoms with Crippen molar-refractivity contribution in [2.24, 2.45) is 5.10 Å². The van der Waals surface area contributed by atoms with E-state index in [2.05, 4.69) is 10.1 Å². The van der Waals surface area contributed by atoms with Crippen LogP contribution in [0, 0.1) is 0 Å². The molecule has 2 heterocycles. The Balaban J connectivity index is 1.86. The number of amides is 1.